The van der Waals surface area contributed by atoms with E-state index >= 15 is 0 Å². The molecule has 0 saturated carbocycles. The van der Waals surface area contributed by atoms with Gasteiger partial charge in [0.25, 0.3) is 0 Å². The molecule has 0 aliphatic heterocycles. The van der Waals surface area contributed by atoms with Crippen LogP contribution in [0.3, 0.4) is 0 Å². The van der Waals surface area contributed by atoms with Crippen molar-refractivity contribution in [2.45, 2.75) is 13.0 Å². The molecule has 0 N–H and O–H groups in total. The lowest BCUT2D eigenvalue weighted by Crippen LogP contribution is -2.05. The molecule has 0 amide bonds. The zero-order chi connectivity index (χ0) is 21.2. The molecule has 0 radical (unpaired) electrons. The average Bonchev–Trinajstić information content (AvgIpc) is 3.18. The Bertz CT molecular complexity index is 1360. The van der Waals surface area contributed by atoms with Gasteiger partial charge in [-0.1, -0.05) is 48.5 Å². The van der Waals surface area contributed by atoms with Crippen LogP contribution >= 0.6 is 0 Å². The SMILES string of the molecule is COc1ccc(CCn2c(-c3ccccc3)nc3nc4ccccc4nc32)cc1OC. The van der Waals surface area contributed by atoms with Gasteiger partial charge in [-0.25, -0.2) is 15.0 Å². The Morgan fingerprint density at radius 1 is 0.742 bits per heavy atom. The van der Waals surface area contributed by atoms with Gasteiger partial charge in [-0.2, -0.15) is 0 Å². The standard InChI is InChI=1S/C25H22N4O2/c1-30-21-13-12-17(16-22(21)31-2)14-15-29-24(18-8-4-3-5-9-18)28-23-25(29)27-20-11-7-6-10-19(20)26-23/h3-13,16H,14-15H2,1-2H3. The highest BCUT2D eigenvalue weighted by molar-refractivity contribution is 5.84. The minimum atomic E-state index is 0.657. The molecule has 2 heterocycles. The molecule has 154 valence electrons. The van der Waals surface area contributed by atoms with Crippen molar-refractivity contribution in [3.8, 4) is 22.9 Å². The second-order valence-electron chi connectivity index (χ2n) is 7.25. The van der Waals surface area contributed by atoms with E-state index in [0.717, 1.165) is 51.6 Å². The molecule has 2 aromatic heterocycles. The quantitative estimate of drug-likeness (QED) is 0.398. The first-order valence-corrected chi connectivity index (χ1v) is 10.2. The summed E-state index contributed by atoms with van der Waals surface area (Å²) in [6, 6.07) is 24.1. The van der Waals surface area contributed by atoms with Crippen molar-refractivity contribution in [3.05, 3.63) is 78.4 Å². The van der Waals surface area contributed by atoms with Gasteiger partial charge in [0, 0.05) is 12.1 Å². The van der Waals surface area contributed by atoms with Crippen LogP contribution in [0.5, 0.6) is 11.5 Å². The summed E-state index contributed by atoms with van der Waals surface area (Å²) in [7, 11) is 3.30. The van der Waals surface area contributed by atoms with E-state index in [2.05, 4.69) is 22.8 Å². The number of aromatic nitrogens is 4. The van der Waals surface area contributed by atoms with E-state index < -0.39 is 0 Å². The molecule has 6 heteroatoms. The number of ether oxygens (including phenoxy) is 2. The first kappa shape index (κ1) is 19.1. The molecule has 5 rings (SSSR count). The summed E-state index contributed by atoms with van der Waals surface area (Å²) in [6.45, 7) is 0.712. The minimum Gasteiger partial charge on any atom is -0.493 e. The number of benzene rings is 3. The molecule has 0 unspecified atom stereocenters. The lowest BCUT2D eigenvalue weighted by atomic mass is 10.1. The number of methoxy groups -OCH3 is 2. The zero-order valence-corrected chi connectivity index (χ0v) is 17.4. The average molecular weight is 410 g/mol. The van der Waals surface area contributed by atoms with Gasteiger partial charge in [0.1, 0.15) is 5.82 Å². The lowest BCUT2D eigenvalue weighted by molar-refractivity contribution is 0.354. The smallest absolute Gasteiger partial charge is 0.198 e. The Labute approximate surface area is 180 Å². The summed E-state index contributed by atoms with van der Waals surface area (Å²) in [5.41, 5.74) is 5.34. The van der Waals surface area contributed by atoms with Crippen molar-refractivity contribution in [1.82, 2.24) is 19.5 Å². The Hall–Kier alpha value is -3.93. The van der Waals surface area contributed by atoms with Crippen LogP contribution in [0.2, 0.25) is 0 Å². The third-order valence-electron chi connectivity index (χ3n) is 5.36. The Kier molecular flexibility index (Phi) is 4.96. The van der Waals surface area contributed by atoms with Crippen molar-refractivity contribution in [2.75, 3.05) is 14.2 Å². The van der Waals surface area contributed by atoms with E-state index in [9.17, 15) is 0 Å². The molecule has 0 spiro atoms. The molecule has 0 aliphatic rings. The third-order valence-corrected chi connectivity index (χ3v) is 5.36. The Morgan fingerprint density at radius 2 is 1.45 bits per heavy atom. The lowest BCUT2D eigenvalue weighted by Gasteiger charge is -2.12. The molecular weight excluding hydrogens is 388 g/mol. The highest BCUT2D eigenvalue weighted by Gasteiger charge is 2.16. The van der Waals surface area contributed by atoms with E-state index in [1.165, 1.54) is 0 Å². The second kappa shape index (κ2) is 8.07. The van der Waals surface area contributed by atoms with Gasteiger partial charge in [-0.15, -0.1) is 0 Å². The fraction of sp³-hybridized carbons (Fsp3) is 0.160. The van der Waals surface area contributed by atoms with Gasteiger partial charge in [0.15, 0.2) is 22.8 Å². The fourth-order valence-corrected chi connectivity index (χ4v) is 3.79. The number of nitrogens with zero attached hydrogens (tertiary/aromatic N) is 4. The number of para-hydroxylation sites is 2. The number of hydrogen-bond acceptors (Lipinski definition) is 5. The van der Waals surface area contributed by atoms with Crippen LogP contribution in [-0.4, -0.2) is 33.7 Å². The molecule has 0 saturated heterocycles. The Morgan fingerprint density at radius 3 is 2.19 bits per heavy atom. The van der Waals surface area contributed by atoms with Crippen molar-refractivity contribution in [3.63, 3.8) is 0 Å². The van der Waals surface area contributed by atoms with Crippen molar-refractivity contribution in [1.29, 1.82) is 0 Å². The van der Waals surface area contributed by atoms with E-state index in [1.807, 2.05) is 54.6 Å². The van der Waals surface area contributed by atoms with Crippen molar-refractivity contribution in [2.24, 2.45) is 0 Å². The fourth-order valence-electron chi connectivity index (χ4n) is 3.79. The number of aryl methyl sites for hydroxylation is 2. The monoisotopic (exact) mass is 410 g/mol. The minimum absolute atomic E-state index is 0.657. The molecule has 31 heavy (non-hydrogen) atoms. The van der Waals surface area contributed by atoms with Crippen molar-refractivity contribution < 1.29 is 9.47 Å². The van der Waals surface area contributed by atoms with E-state index in [4.69, 9.17) is 24.4 Å². The molecule has 0 aliphatic carbocycles. The molecule has 0 atom stereocenters. The molecule has 3 aromatic carbocycles. The predicted octanol–water partition coefficient (Wildman–Crippen LogP) is 4.91. The van der Waals surface area contributed by atoms with Gasteiger partial charge >= 0.3 is 0 Å². The molecule has 0 bridgehead atoms. The topological polar surface area (TPSA) is 62.1 Å². The molecule has 6 nitrogen and oxygen atoms in total. The summed E-state index contributed by atoms with van der Waals surface area (Å²) in [6.07, 6.45) is 0.792. The van der Waals surface area contributed by atoms with Crippen molar-refractivity contribution >= 4 is 22.3 Å². The van der Waals surface area contributed by atoms with Crippen LogP contribution in [0.25, 0.3) is 33.7 Å². The summed E-state index contributed by atoms with van der Waals surface area (Å²) in [4.78, 5) is 14.5. The summed E-state index contributed by atoms with van der Waals surface area (Å²) in [5, 5.41) is 0. The second-order valence-corrected chi connectivity index (χ2v) is 7.25. The maximum atomic E-state index is 5.46. The van der Waals surface area contributed by atoms with E-state index in [0.29, 0.717) is 12.2 Å². The highest BCUT2D eigenvalue weighted by Crippen LogP contribution is 2.29. The van der Waals surface area contributed by atoms with Gasteiger partial charge in [0.05, 0.1) is 25.3 Å². The summed E-state index contributed by atoms with van der Waals surface area (Å²) < 4.78 is 13.0. The first-order chi connectivity index (χ1) is 15.3. The van der Waals surface area contributed by atoms with Gasteiger partial charge in [0.2, 0.25) is 0 Å². The number of imidazole rings is 1. The predicted molar refractivity (Wildman–Crippen MR) is 122 cm³/mol. The molecular formula is C25H22N4O2. The normalized spacial score (nSPS) is 11.2. The molecule has 0 fully saturated rings. The van der Waals surface area contributed by atoms with Crippen LogP contribution in [0.15, 0.2) is 72.8 Å². The highest BCUT2D eigenvalue weighted by atomic mass is 16.5. The van der Waals surface area contributed by atoms with Crippen LogP contribution in [0.1, 0.15) is 5.56 Å². The maximum Gasteiger partial charge on any atom is 0.198 e. The first-order valence-electron chi connectivity index (χ1n) is 10.2. The number of fused-ring (bicyclic) bond motifs is 2. The van der Waals surface area contributed by atoms with E-state index in [1.54, 1.807) is 14.2 Å². The molecule has 5 aromatic rings. The number of hydrogen-bond donors (Lipinski definition) is 0. The summed E-state index contributed by atoms with van der Waals surface area (Å²) >= 11 is 0. The van der Waals surface area contributed by atoms with Crippen LogP contribution < -0.4 is 9.47 Å². The van der Waals surface area contributed by atoms with Gasteiger partial charge in [-0.05, 0) is 36.2 Å². The summed E-state index contributed by atoms with van der Waals surface area (Å²) in [5.74, 6) is 2.32. The number of rotatable bonds is 6. The van der Waals surface area contributed by atoms with Gasteiger partial charge < -0.3 is 14.0 Å². The Balaban J connectivity index is 1.59. The van der Waals surface area contributed by atoms with Gasteiger partial charge in [-0.3, -0.25) is 0 Å². The third kappa shape index (κ3) is 3.57. The zero-order valence-electron chi connectivity index (χ0n) is 17.4. The largest absolute Gasteiger partial charge is 0.493 e. The van der Waals surface area contributed by atoms with E-state index in [-0.39, 0.29) is 0 Å². The van der Waals surface area contributed by atoms with Crippen LogP contribution in [0, 0.1) is 0 Å². The maximum absolute atomic E-state index is 5.46. The van der Waals surface area contributed by atoms with Crippen LogP contribution in [-0.2, 0) is 13.0 Å². The van der Waals surface area contributed by atoms with Crippen LogP contribution in [0.4, 0.5) is 0 Å².